The first-order valence-electron chi connectivity index (χ1n) is 11.2. The van der Waals surface area contributed by atoms with Crippen LogP contribution in [0, 0.1) is 0 Å². The molecule has 0 bridgehead atoms. The third-order valence-electron chi connectivity index (χ3n) is 5.88. The average molecular weight is 560 g/mol. The van der Waals surface area contributed by atoms with Gasteiger partial charge in [0.25, 0.3) is 0 Å². The van der Waals surface area contributed by atoms with Gasteiger partial charge in [0.15, 0.2) is 5.96 Å². The molecule has 11 heteroatoms. The molecule has 1 fully saturated rings. The number of rotatable bonds is 6. The zero-order chi connectivity index (χ0) is 20.8. The Balaban J connectivity index is 0.00000272. The van der Waals surface area contributed by atoms with Gasteiger partial charge in [-0.2, -0.15) is 4.37 Å². The first-order valence-corrected chi connectivity index (χ1v) is 12.0. The summed E-state index contributed by atoms with van der Waals surface area (Å²) in [6.07, 6.45) is 7.73. The SMILES string of the molecule is CCc1nsc(N2CCN(C(=NC)NCCCc3nnc4n3CCCCC4)CC2)n1.I. The molecule has 172 valence electrons. The maximum absolute atomic E-state index is 4.62. The van der Waals surface area contributed by atoms with Gasteiger partial charge in [0.1, 0.15) is 17.5 Å². The molecule has 0 amide bonds. The molecule has 0 unspecified atom stereocenters. The lowest BCUT2D eigenvalue weighted by molar-refractivity contribution is 0.372. The van der Waals surface area contributed by atoms with E-state index in [9.17, 15) is 0 Å². The number of nitrogens with one attached hydrogen (secondary N) is 1. The fourth-order valence-corrected chi connectivity index (χ4v) is 4.94. The summed E-state index contributed by atoms with van der Waals surface area (Å²) < 4.78 is 6.76. The van der Waals surface area contributed by atoms with Crippen LogP contribution < -0.4 is 10.2 Å². The van der Waals surface area contributed by atoms with Crippen LogP contribution in [0.3, 0.4) is 0 Å². The lowest BCUT2D eigenvalue weighted by Gasteiger charge is -2.36. The number of hydrogen-bond donors (Lipinski definition) is 1. The van der Waals surface area contributed by atoms with Crippen molar-refractivity contribution in [3.8, 4) is 0 Å². The number of guanidine groups is 1. The normalized spacial score (nSPS) is 17.2. The molecule has 0 aliphatic carbocycles. The van der Waals surface area contributed by atoms with Crippen LogP contribution in [-0.2, 0) is 25.8 Å². The van der Waals surface area contributed by atoms with Crippen LogP contribution in [-0.4, -0.2) is 74.8 Å². The maximum Gasteiger partial charge on any atom is 0.205 e. The largest absolute Gasteiger partial charge is 0.356 e. The Bertz CT molecular complexity index is 842. The summed E-state index contributed by atoms with van der Waals surface area (Å²) in [6.45, 7) is 7.85. The van der Waals surface area contributed by atoms with Crippen molar-refractivity contribution < 1.29 is 0 Å². The number of piperazine rings is 1. The number of aromatic nitrogens is 5. The molecule has 0 spiro atoms. The zero-order valence-electron chi connectivity index (χ0n) is 18.6. The first kappa shape index (κ1) is 24.1. The smallest absolute Gasteiger partial charge is 0.205 e. The number of aliphatic imine (C=N–C) groups is 1. The minimum atomic E-state index is 0. The second-order valence-corrected chi connectivity index (χ2v) is 8.62. The summed E-state index contributed by atoms with van der Waals surface area (Å²) in [5.41, 5.74) is 0. The Morgan fingerprint density at radius 3 is 2.68 bits per heavy atom. The number of anilines is 1. The Morgan fingerprint density at radius 2 is 1.94 bits per heavy atom. The summed E-state index contributed by atoms with van der Waals surface area (Å²) in [5, 5.41) is 13.4. The van der Waals surface area contributed by atoms with Gasteiger partial charge in [-0.1, -0.05) is 13.3 Å². The van der Waals surface area contributed by atoms with E-state index in [1.807, 2.05) is 7.05 Å². The van der Waals surface area contributed by atoms with E-state index >= 15 is 0 Å². The van der Waals surface area contributed by atoms with Gasteiger partial charge < -0.3 is 19.7 Å². The van der Waals surface area contributed by atoms with Crippen molar-refractivity contribution in [3.05, 3.63) is 17.5 Å². The molecule has 4 heterocycles. The van der Waals surface area contributed by atoms with Crippen molar-refractivity contribution in [2.45, 2.75) is 58.4 Å². The fourth-order valence-electron chi connectivity index (χ4n) is 4.14. The van der Waals surface area contributed by atoms with Crippen molar-refractivity contribution in [2.24, 2.45) is 4.99 Å². The highest BCUT2D eigenvalue weighted by molar-refractivity contribution is 14.0. The van der Waals surface area contributed by atoms with E-state index in [0.717, 1.165) is 87.7 Å². The third-order valence-corrected chi connectivity index (χ3v) is 6.70. The molecule has 2 aliphatic rings. The Kier molecular flexibility index (Phi) is 9.30. The van der Waals surface area contributed by atoms with Gasteiger partial charge in [-0.25, -0.2) is 4.98 Å². The Labute approximate surface area is 205 Å². The van der Waals surface area contributed by atoms with Gasteiger partial charge in [0.05, 0.1) is 0 Å². The maximum atomic E-state index is 4.62. The topological polar surface area (TPSA) is 87.4 Å². The molecule has 0 aromatic carbocycles. The molecule has 9 nitrogen and oxygen atoms in total. The standard InChI is InChI=1S/C20H33N9S.HI/c1-3-16-23-20(30-26-16)28-14-12-27(13-15-28)19(21-2)22-10-7-9-18-25-24-17-8-5-4-6-11-29(17)18;/h3-15H2,1-2H3,(H,21,22);1H. The summed E-state index contributed by atoms with van der Waals surface area (Å²) in [4.78, 5) is 13.8. The van der Waals surface area contributed by atoms with E-state index in [4.69, 9.17) is 0 Å². The van der Waals surface area contributed by atoms with Gasteiger partial charge in [-0.15, -0.1) is 34.2 Å². The van der Waals surface area contributed by atoms with Crippen molar-refractivity contribution in [2.75, 3.05) is 44.7 Å². The molecule has 0 atom stereocenters. The van der Waals surface area contributed by atoms with Crippen LogP contribution in [0.4, 0.5) is 5.13 Å². The highest BCUT2D eigenvalue weighted by atomic mass is 127. The van der Waals surface area contributed by atoms with Crippen molar-refractivity contribution in [1.29, 1.82) is 0 Å². The molecule has 0 radical (unpaired) electrons. The summed E-state index contributed by atoms with van der Waals surface area (Å²) in [5.74, 6) is 4.24. The van der Waals surface area contributed by atoms with Crippen LogP contribution >= 0.6 is 35.5 Å². The number of nitrogens with zero attached hydrogens (tertiary/aromatic N) is 8. The van der Waals surface area contributed by atoms with E-state index in [2.05, 4.69) is 51.2 Å². The van der Waals surface area contributed by atoms with Gasteiger partial charge >= 0.3 is 0 Å². The second-order valence-electron chi connectivity index (χ2n) is 7.89. The molecule has 2 aromatic heterocycles. The highest BCUT2D eigenvalue weighted by Gasteiger charge is 2.22. The molecular formula is C20H34IN9S. The van der Waals surface area contributed by atoms with E-state index in [0.29, 0.717) is 0 Å². The van der Waals surface area contributed by atoms with E-state index < -0.39 is 0 Å². The Morgan fingerprint density at radius 1 is 1.10 bits per heavy atom. The lowest BCUT2D eigenvalue weighted by atomic mass is 10.2. The first-order chi connectivity index (χ1) is 14.8. The number of halogens is 1. The summed E-state index contributed by atoms with van der Waals surface area (Å²) in [7, 11) is 1.87. The minimum Gasteiger partial charge on any atom is -0.356 e. The van der Waals surface area contributed by atoms with Crippen molar-refractivity contribution >= 4 is 46.6 Å². The molecule has 2 aliphatic heterocycles. The monoisotopic (exact) mass is 559 g/mol. The molecule has 0 saturated carbocycles. The third kappa shape index (κ3) is 6.05. The van der Waals surface area contributed by atoms with Crippen LogP contribution in [0.15, 0.2) is 4.99 Å². The van der Waals surface area contributed by atoms with Gasteiger partial charge in [-0.05, 0) is 19.3 Å². The minimum absolute atomic E-state index is 0. The summed E-state index contributed by atoms with van der Waals surface area (Å²) in [6, 6.07) is 0. The predicted octanol–water partition coefficient (Wildman–Crippen LogP) is 2.37. The average Bonchev–Trinajstić information content (AvgIpc) is 3.35. The lowest BCUT2D eigenvalue weighted by Crippen LogP contribution is -2.52. The zero-order valence-corrected chi connectivity index (χ0v) is 21.7. The fraction of sp³-hybridized carbons (Fsp3) is 0.750. The molecule has 1 N–H and O–H groups in total. The van der Waals surface area contributed by atoms with Gasteiger partial charge in [-0.3, -0.25) is 4.99 Å². The second kappa shape index (κ2) is 11.9. The van der Waals surface area contributed by atoms with Crippen LogP contribution in [0.2, 0.25) is 0 Å². The molecule has 31 heavy (non-hydrogen) atoms. The number of hydrogen-bond acceptors (Lipinski definition) is 7. The highest BCUT2D eigenvalue weighted by Crippen LogP contribution is 2.19. The molecule has 2 aromatic rings. The van der Waals surface area contributed by atoms with Crippen molar-refractivity contribution in [3.63, 3.8) is 0 Å². The van der Waals surface area contributed by atoms with Crippen LogP contribution in [0.1, 0.15) is 50.1 Å². The van der Waals surface area contributed by atoms with Crippen LogP contribution in [0.5, 0.6) is 0 Å². The van der Waals surface area contributed by atoms with E-state index in [1.165, 1.54) is 36.6 Å². The quantitative estimate of drug-likeness (QED) is 0.252. The van der Waals surface area contributed by atoms with E-state index in [-0.39, 0.29) is 24.0 Å². The van der Waals surface area contributed by atoms with E-state index in [1.54, 1.807) is 0 Å². The number of fused-ring (bicyclic) bond motifs is 1. The van der Waals surface area contributed by atoms with Crippen LogP contribution in [0.25, 0.3) is 0 Å². The molecular weight excluding hydrogens is 525 g/mol. The Hall–Kier alpha value is -1.50. The molecule has 1 saturated heterocycles. The van der Waals surface area contributed by atoms with Gasteiger partial charge in [0, 0.05) is 77.1 Å². The van der Waals surface area contributed by atoms with Gasteiger partial charge in [0.2, 0.25) is 5.13 Å². The summed E-state index contributed by atoms with van der Waals surface area (Å²) >= 11 is 1.51. The van der Waals surface area contributed by atoms with Crippen molar-refractivity contribution in [1.82, 2.24) is 34.3 Å². The molecule has 4 rings (SSSR count). The predicted molar refractivity (Wildman–Crippen MR) is 136 cm³/mol. The number of aryl methyl sites for hydroxylation is 3.